The zero-order valence-corrected chi connectivity index (χ0v) is 36.3. The molecule has 0 unspecified atom stereocenters. The Balaban J connectivity index is 1.27. The second-order valence-corrected chi connectivity index (χ2v) is 18.6. The number of fused-ring (bicyclic) bond motifs is 5. The van der Waals surface area contributed by atoms with Gasteiger partial charge < -0.3 is 5.32 Å². The lowest BCUT2D eigenvalue weighted by atomic mass is 10.0. The molecule has 3 atom stereocenters. The van der Waals surface area contributed by atoms with Crippen LogP contribution in [0, 0.1) is 24.5 Å². The molecule has 0 saturated heterocycles. The van der Waals surface area contributed by atoms with Crippen molar-refractivity contribution >= 4 is 55.3 Å². The lowest BCUT2D eigenvalue weighted by Gasteiger charge is -2.24. The predicted octanol–water partition coefficient (Wildman–Crippen LogP) is 7.24. The zero-order valence-electron chi connectivity index (χ0n) is 34.7. The summed E-state index contributed by atoms with van der Waals surface area (Å²) in [5.41, 5.74) is -3.02. The highest BCUT2D eigenvalue weighted by Crippen LogP contribution is 2.68. The molecule has 15 nitrogen and oxygen atoms in total. The summed E-state index contributed by atoms with van der Waals surface area (Å²) in [6.07, 6.45) is -3.00. The minimum atomic E-state index is -3.97. The van der Waals surface area contributed by atoms with Gasteiger partial charge in [-0.05, 0) is 67.3 Å². The van der Waals surface area contributed by atoms with E-state index in [9.17, 15) is 39.6 Å². The van der Waals surface area contributed by atoms with Crippen LogP contribution in [0.4, 0.5) is 40.9 Å². The van der Waals surface area contributed by atoms with Crippen LogP contribution in [0.3, 0.4) is 0 Å². The molecule has 9 rings (SSSR count). The van der Waals surface area contributed by atoms with Crippen LogP contribution in [0.1, 0.15) is 65.8 Å². The number of alkyl halides is 6. The Morgan fingerprint density at radius 2 is 1.73 bits per heavy atom. The molecule has 0 aliphatic heterocycles. The topological polar surface area (TPSA) is 177 Å². The van der Waals surface area contributed by atoms with E-state index in [1.807, 2.05) is 0 Å². The van der Waals surface area contributed by atoms with Crippen molar-refractivity contribution in [2.75, 3.05) is 11.0 Å². The standard InChI is InChI=1S/C41H34ClF8N11O4S/c1-17-9-28(60(54-17)16-40(2,47)48)25-7-5-21-36(52-25)53-38(61(39(21)63)27-8-6-24(42)31-33(27)58(3)56-37(31)57-66(4,64)65)26(12-18-10-19(43)13-20(44)11-18)51-29(62)15-59-34-30(32(55-59)35(45)46)22-14-23(22)41(34,49)50/h5-11,13,22-23,26,35H,12,14-16H2,1-4H3,(H,51,62)(H,56,57)/t22-,23+,26-/m0/s1. The molecule has 2 aliphatic rings. The van der Waals surface area contributed by atoms with Gasteiger partial charge in [0.15, 0.2) is 11.5 Å². The summed E-state index contributed by atoms with van der Waals surface area (Å²) in [6, 6.07) is 7.53. The number of benzene rings is 2. The van der Waals surface area contributed by atoms with Gasteiger partial charge in [0.25, 0.3) is 23.8 Å². The fraction of sp³-hybridized carbons (Fsp3) is 0.341. The van der Waals surface area contributed by atoms with Gasteiger partial charge in [-0.2, -0.15) is 24.1 Å². The first-order valence-corrected chi connectivity index (χ1v) is 22.2. The Bertz CT molecular complexity index is 3330. The molecule has 0 radical (unpaired) electrons. The third-order valence-electron chi connectivity index (χ3n) is 11.3. The molecule has 25 heteroatoms. The number of halogens is 9. The van der Waals surface area contributed by atoms with E-state index >= 15 is 13.6 Å². The van der Waals surface area contributed by atoms with Crippen LogP contribution in [0.25, 0.3) is 39.0 Å². The highest BCUT2D eigenvalue weighted by molar-refractivity contribution is 7.92. The molecule has 1 amide bonds. The van der Waals surface area contributed by atoms with E-state index in [0.717, 1.165) is 27.6 Å². The normalized spacial score (nSPS) is 17.1. The predicted molar refractivity (Wildman–Crippen MR) is 222 cm³/mol. The van der Waals surface area contributed by atoms with Crippen molar-refractivity contribution in [2.45, 2.75) is 70.0 Å². The molecule has 1 saturated carbocycles. The highest BCUT2D eigenvalue weighted by atomic mass is 35.5. The average Bonchev–Trinajstić information content (AvgIpc) is 3.53. The SMILES string of the molecule is Cc1cc(-c2ccc3c(=O)n(-c4ccc(Cl)c5c(NS(C)(=O)=O)nn(C)c45)c([C@H](Cc4cc(F)cc(F)c4)NC(=O)Cn4nc(C(F)F)c5c4C(F)(F)[C@@H]4C[C@H]54)nc3n2)n(CC(C)(F)F)n1. The maximum absolute atomic E-state index is 15.6. The van der Waals surface area contributed by atoms with Crippen LogP contribution in [-0.2, 0) is 47.3 Å². The average molecular weight is 964 g/mol. The van der Waals surface area contributed by atoms with Crippen molar-refractivity contribution in [3.8, 4) is 17.1 Å². The smallest absolute Gasteiger partial charge is 0.293 e. The van der Waals surface area contributed by atoms with Crippen molar-refractivity contribution in [2.24, 2.45) is 13.0 Å². The van der Waals surface area contributed by atoms with E-state index in [4.69, 9.17) is 16.6 Å². The van der Waals surface area contributed by atoms with Gasteiger partial charge in [-0.1, -0.05) is 11.6 Å². The van der Waals surface area contributed by atoms with Crippen LogP contribution in [0.2, 0.25) is 5.02 Å². The molecule has 2 N–H and O–H groups in total. The minimum Gasteiger partial charge on any atom is -0.344 e. The number of aryl methyl sites for hydroxylation is 2. The molecular weight excluding hydrogens is 930 g/mol. The van der Waals surface area contributed by atoms with E-state index in [1.54, 1.807) is 6.92 Å². The summed E-state index contributed by atoms with van der Waals surface area (Å²) in [6.45, 7) is 0.340. The van der Waals surface area contributed by atoms with E-state index in [0.29, 0.717) is 23.4 Å². The van der Waals surface area contributed by atoms with Crippen molar-refractivity contribution in [3.63, 3.8) is 0 Å². The first-order chi connectivity index (χ1) is 30.9. The van der Waals surface area contributed by atoms with Crippen LogP contribution in [-0.4, -0.2) is 70.4 Å². The second-order valence-electron chi connectivity index (χ2n) is 16.5. The third kappa shape index (κ3) is 8.02. The fourth-order valence-electron chi connectivity index (χ4n) is 8.74. The van der Waals surface area contributed by atoms with Crippen molar-refractivity contribution in [1.82, 2.24) is 49.2 Å². The number of nitrogens with zero attached hydrogens (tertiary/aromatic N) is 9. The summed E-state index contributed by atoms with van der Waals surface area (Å²) in [4.78, 5) is 38.5. The van der Waals surface area contributed by atoms with Gasteiger partial charge in [-0.3, -0.25) is 32.9 Å². The van der Waals surface area contributed by atoms with E-state index in [-0.39, 0.29) is 67.4 Å². The zero-order chi connectivity index (χ0) is 47.5. The van der Waals surface area contributed by atoms with Gasteiger partial charge in [0.2, 0.25) is 15.9 Å². The number of hydrogen-bond acceptors (Lipinski definition) is 9. The first-order valence-electron chi connectivity index (χ1n) is 19.9. The van der Waals surface area contributed by atoms with Gasteiger partial charge in [-0.15, -0.1) is 0 Å². The summed E-state index contributed by atoms with van der Waals surface area (Å²) in [7, 11) is -2.57. The number of aromatic nitrogens is 9. The Morgan fingerprint density at radius 1 is 1.02 bits per heavy atom. The molecule has 7 aromatic rings. The van der Waals surface area contributed by atoms with Crippen molar-refractivity contribution in [1.29, 1.82) is 0 Å². The van der Waals surface area contributed by atoms with Gasteiger partial charge in [-0.25, -0.2) is 44.7 Å². The van der Waals surface area contributed by atoms with Gasteiger partial charge in [0.05, 0.1) is 56.4 Å². The molecule has 5 aromatic heterocycles. The van der Waals surface area contributed by atoms with Crippen molar-refractivity contribution < 1.29 is 48.3 Å². The van der Waals surface area contributed by atoms with Crippen molar-refractivity contribution in [3.05, 3.63) is 110 Å². The Hall–Kier alpha value is -6.43. The van der Waals surface area contributed by atoms with Gasteiger partial charge >= 0.3 is 0 Å². The summed E-state index contributed by atoms with van der Waals surface area (Å²) in [5.74, 6) is -12.8. The lowest BCUT2D eigenvalue weighted by molar-refractivity contribution is -0.123. The maximum Gasteiger partial charge on any atom is 0.293 e. The number of anilines is 1. The molecule has 346 valence electrons. The van der Waals surface area contributed by atoms with Crippen LogP contribution >= 0.6 is 11.6 Å². The number of rotatable bonds is 13. The maximum atomic E-state index is 15.6. The van der Waals surface area contributed by atoms with Gasteiger partial charge in [0.1, 0.15) is 41.9 Å². The summed E-state index contributed by atoms with van der Waals surface area (Å²) < 4.78 is 148. The molecular formula is C41H34ClF8N11O4S. The fourth-order valence-corrected chi connectivity index (χ4v) is 9.47. The number of hydrogen-bond donors (Lipinski definition) is 2. The number of amides is 1. The minimum absolute atomic E-state index is 0.000921. The summed E-state index contributed by atoms with van der Waals surface area (Å²) >= 11 is 6.62. The number of nitrogens with one attached hydrogen (secondary N) is 2. The molecule has 0 spiro atoms. The third-order valence-corrected chi connectivity index (χ3v) is 12.1. The Morgan fingerprint density at radius 3 is 2.39 bits per heavy atom. The van der Waals surface area contributed by atoms with Crippen LogP contribution in [0.5, 0.6) is 0 Å². The van der Waals surface area contributed by atoms with E-state index < -0.39 is 106 Å². The molecule has 0 bridgehead atoms. The highest BCUT2D eigenvalue weighted by Gasteiger charge is 2.67. The lowest BCUT2D eigenvalue weighted by Crippen LogP contribution is -2.38. The van der Waals surface area contributed by atoms with E-state index in [2.05, 4.69) is 30.3 Å². The molecule has 66 heavy (non-hydrogen) atoms. The largest absolute Gasteiger partial charge is 0.344 e. The molecule has 5 heterocycles. The molecule has 2 aliphatic carbocycles. The number of carbonyl (C=O) groups excluding carboxylic acids is 1. The second kappa shape index (κ2) is 15.6. The van der Waals surface area contributed by atoms with E-state index in [1.165, 1.54) is 42.1 Å². The van der Waals surface area contributed by atoms with Crippen LogP contribution in [0.15, 0.2) is 53.3 Å². The van der Waals surface area contributed by atoms with Gasteiger partial charge in [0, 0.05) is 37.9 Å². The Labute approximate surface area is 372 Å². The number of sulfonamides is 1. The first kappa shape index (κ1) is 44.8. The molecule has 1 fully saturated rings. The quantitative estimate of drug-likeness (QED) is 0.113. The summed E-state index contributed by atoms with van der Waals surface area (Å²) in [5, 5.41) is 14.5. The monoisotopic (exact) mass is 963 g/mol. The number of carbonyl (C=O) groups is 1. The van der Waals surface area contributed by atoms with Crippen LogP contribution < -0.4 is 15.6 Å². The molecule has 2 aromatic carbocycles. The number of pyridine rings is 1. The Kier molecular flexibility index (Phi) is 10.6.